The molecular weight excluding hydrogens is 204 g/mol. The van der Waals surface area contributed by atoms with Crippen molar-refractivity contribution in [2.45, 2.75) is 12.8 Å². The summed E-state index contributed by atoms with van der Waals surface area (Å²) >= 11 is 0. The van der Waals surface area contributed by atoms with Crippen LogP contribution in [0.4, 0.5) is 4.79 Å². The summed E-state index contributed by atoms with van der Waals surface area (Å²) in [5.41, 5.74) is 8.61. The van der Waals surface area contributed by atoms with E-state index in [9.17, 15) is 4.79 Å². The monoisotopic (exact) mass is 218 g/mol. The van der Waals surface area contributed by atoms with Gasteiger partial charge in [0.1, 0.15) is 0 Å². The Bertz CT molecular complexity index is 440. The molecule has 1 aliphatic rings. The van der Waals surface area contributed by atoms with Crippen LogP contribution in [0.1, 0.15) is 17.5 Å². The van der Waals surface area contributed by atoms with Crippen molar-refractivity contribution in [3.05, 3.63) is 41.5 Å². The first-order valence-electron chi connectivity index (χ1n) is 5.21. The molecule has 0 saturated carbocycles. The van der Waals surface area contributed by atoms with Crippen molar-refractivity contribution in [3.63, 3.8) is 0 Å². The van der Waals surface area contributed by atoms with Crippen LogP contribution in [0.25, 0.3) is 5.57 Å². The van der Waals surface area contributed by atoms with E-state index >= 15 is 0 Å². The lowest BCUT2D eigenvalue weighted by atomic mass is 10.1. The molecule has 1 aromatic rings. The van der Waals surface area contributed by atoms with Gasteiger partial charge in [-0.25, -0.2) is 9.86 Å². The van der Waals surface area contributed by atoms with Gasteiger partial charge in [-0.15, -0.1) is 0 Å². The first-order chi connectivity index (χ1) is 7.68. The Hall–Kier alpha value is -1.81. The van der Waals surface area contributed by atoms with Gasteiger partial charge in [0.25, 0.3) is 0 Å². The molecule has 4 nitrogen and oxygen atoms in total. The number of hydroxylamine groups is 2. The number of primary amides is 1. The maximum absolute atomic E-state index is 10.6. The van der Waals surface area contributed by atoms with Crippen molar-refractivity contribution in [1.82, 2.24) is 5.06 Å². The van der Waals surface area contributed by atoms with Gasteiger partial charge >= 0.3 is 6.03 Å². The summed E-state index contributed by atoms with van der Waals surface area (Å²) in [4.78, 5) is 10.6. The van der Waals surface area contributed by atoms with E-state index in [1.165, 1.54) is 11.1 Å². The Balaban J connectivity index is 2.13. The SMILES string of the molecule is NC(=O)N(O)CC=C1CCc2ccccc21. The number of urea groups is 1. The number of carbonyl (C=O) groups excluding carboxylic acids is 1. The van der Waals surface area contributed by atoms with Crippen LogP contribution in [0.15, 0.2) is 30.3 Å². The van der Waals surface area contributed by atoms with Crippen LogP contribution in [-0.2, 0) is 6.42 Å². The van der Waals surface area contributed by atoms with Gasteiger partial charge < -0.3 is 5.73 Å². The average molecular weight is 218 g/mol. The molecule has 84 valence electrons. The zero-order valence-electron chi connectivity index (χ0n) is 8.89. The zero-order valence-corrected chi connectivity index (χ0v) is 8.89. The highest BCUT2D eigenvalue weighted by Crippen LogP contribution is 2.31. The first-order valence-corrected chi connectivity index (χ1v) is 5.21. The summed E-state index contributed by atoms with van der Waals surface area (Å²) in [5.74, 6) is 0. The molecule has 0 saturated heterocycles. The lowest BCUT2D eigenvalue weighted by Crippen LogP contribution is -2.32. The molecule has 0 aromatic heterocycles. The third kappa shape index (κ3) is 2.06. The molecule has 1 aliphatic carbocycles. The van der Waals surface area contributed by atoms with Crippen molar-refractivity contribution < 1.29 is 10.0 Å². The lowest BCUT2D eigenvalue weighted by molar-refractivity contribution is -0.0287. The molecule has 0 spiro atoms. The van der Waals surface area contributed by atoms with E-state index in [0.717, 1.165) is 18.4 Å². The normalized spacial score (nSPS) is 16.2. The van der Waals surface area contributed by atoms with Crippen LogP contribution in [0, 0.1) is 0 Å². The molecule has 0 radical (unpaired) electrons. The van der Waals surface area contributed by atoms with Gasteiger partial charge in [-0.2, -0.15) is 0 Å². The number of carbonyl (C=O) groups is 1. The van der Waals surface area contributed by atoms with Crippen LogP contribution in [0.3, 0.4) is 0 Å². The molecule has 0 atom stereocenters. The van der Waals surface area contributed by atoms with E-state index in [1.54, 1.807) is 0 Å². The number of hydrogen-bond donors (Lipinski definition) is 2. The van der Waals surface area contributed by atoms with Gasteiger partial charge in [-0.3, -0.25) is 5.21 Å². The van der Waals surface area contributed by atoms with Crippen molar-refractivity contribution in [3.8, 4) is 0 Å². The molecule has 0 fully saturated rings. The summed E-state index contributed by atoms with van der Waals surface area (Å²) in [6.45, 7) is 0.138. The van der Waals surface area contributed by atoms with Crippen molar-refractivity contribution >= 4 is 11.6 Å². The van der Waals surface area contributed by atoms with Gasteiger partial charge in [-0.1, -0.05) is 30.3 Å². The summed E-state index contributed by atoms with van der Waals surface area (Å²) in [5, 5.41) is 9.66. The first kappa shape index (κ1) is 10.7. The fourth-order valence-corrected chi connectivity index (χ4v) is 1.95. The van der Waals surface area contributed by atoms with Crippen molar-refractivity contribution in [1.29, 1.82) is 0 Å². The predicted molar refractivity (Wildman–Crippen MR) is 60.8 cm³/mol. The Labute approximate surface area is 93.9 Å². The highest BCUT2D eigenvalue weighted by molar-refractivity contribution is 5.74. The second-order valence-corrected chi connectivity index (χ2v) is 3.81. The van der Waals surface area contributed by atoms with E-state index in [-0.39, 0.29) is 6.54 Å². The number of fused-ring (bicyclic) bond motifs is 1. The van der Waals surface area contributed by atoms with Crippen LogP contribution >= 0.6 is 0 Å². The van der Waals surface area contributed by atoms with E-state index in [0.29, 0.717) is 5.06 Å². The summed E-state index contributed by atoms with van der Waals surface area (Å²) in [7, 11) is 0. The topological polar surface area (TPSA) is 66.6 Å². The third-order valence-corrected chi connectivity index (χ3v) is 2.79. The molecule has 0 bridgehead atoms. The molecule has 0 unspecified atom stereocenters. The van der Waals surface area contributed by atoms with Crippen LogP contribution < -0.4 is 5.73 Å². The number of allylic oxidation sites excluding steroid dienone is 1. The van der Waals surface area contributed by atoms with Crippen molar-refractivity contribution in [2.24, 2.45) is 5.73 Å². The molecule has 1 aromatic carbocycles. The largest absolute Gasteiger partial charge is 0.350 e. The molecule has 2 rings (SSSR count). The third-order valence-electron chi connectivity index (χ3n) is 2.79. The number of rotatable bonds is 2. The van der Waals surface area contributed by atoms with E-state index in [1.807, 2.05) is 18.2 Å². The van der Waals surface area contributed by atoms with E-state index in [2.05, 4.69) is 12.1 Å². The molecule has 0 heterocycles. The molecule has 0 aliphatic heterocycles. The maximum Gasteiger partial charge on any atom is 0.338 e. The Morgan fingerprint density at radius 1 is 1.44 bits per heavy atom. The van der Waals surface area contributed by atoms with Gasteiger partial charge in [0.05, 0.1) is 6.54 Å². The standard InChI is InChI=1S/C12H14N2O2/c13-12(15)14(16)8-7-10-6-5-9-3-1-2-4-11(9)10/h1-4,7,16H,5-6,8H2,(H2,13,15). The number of nitrogens with zero attached hydrogens (tertiary/aromatic N) is 1. The number of aryl methyl sites for hydroxylation is 1. The van der Waals surface area contributed by atoms with Crippen LogP contribution in [-0.4, -0.2) is 22.8 Å². The summed E-state index contributed by atoms with van der Waals surface area (Å²) < 4.78 is 0. The van der Waals surface area contributed by atoms with Gasteiger partial charge in [0.15, 0.2) is 0 Å². The zero-order chi connectivity index (χ0) is 11.5. The minimum absolute atomic E-state index is 0.138. The molecular formula is C12H14N2O2. The maximum atomic E-state index is 10.6. The second-order valence-electron chi connectivity index (χ2n) is 3.81. The van der Waals surface area contributed by atoms with E-state index < -0.39 is 6.03 Å². The van der Waals surface area contributed by atoms with E-state index in [4.69, 9.17) is 10.9 Å². The smallest absolute Gasteiger partial charge is 0.338 e. The molecule has 16 heavy (non-hydrogen) atoms. The number of hydrogen-bond acceptors (Lipinski definition) is 2. The molecule has 2 amide bonds. The minimum Gasteiger partial charge on any atom is -0.350 e. The summed E-state index contributed by atoms with van der Waals surface area (Å²) in [6.07, 6.45) is 3.81. The number of amides is 2. The quantitative estimate of drug-likeness (QED) is 0.587. The predicted octanol–water partition coefficient (Wildman–Crippen LogP) is 1.79. The lowest BCUT2D eigenvalue weighted by Gasteiger charge is -2.09. The fourth-order valence-electron chi connectivity index (χ4n) is 1.95. The highest BCUT2D eigenvalue weighted by atomic mass is 16.5. The Morgan fingerprint density at radius 3 is 2.94 bits per heavy atom. The Kier molecular flexibility index (Phi) is 2.92. The van der Waals surface area contributed by atoms with Gasteiger partial charge in [-0.05, 0) is 29.5 Å². The minimum atomic E-state index is -0.830. The second kappa shape index (κ2) is 4.37. The Morgan fingerprint density at radius 2 is 2.19 bits per heavy atom. The van der Waals surface area contributed by atoms with Crippen molar-refractivity contribution in [2.75, 3.05) is 6.54 Å². The fraction of sp³-hybridized carbons (Fsp3) is 0.250. The average Bonchev–Trinajstić information content (AvgIpc) is 2.69. The molecule has 3 N–H and O–H groups in total. The van der Waals surface area contributed by atoms with Crippen LogP contribution in [0.2, 0.25) is 0 Å². The number of nitrogens with two attached hydrogens (primary N) is 1. The van der Waals surface area contributed by atoms with Gasteiger partial charge in [0.2, 0.25) is 0 Å². The van der Waals surface area contributed by atoms with Crippen LogP contribution in [0.5, 0.6) is 0 Å². The summed E-state index contributed by atoms with van der Waals surface area (Å²) in [6, 6.07) is 7.33. The molecule has 4 heteroatoms. The van der Waals surface area contributed by atoms with Gasteiger partial charge in [0, 0.05) is 0 Å². The highest BCUT2D eigenvalue weighted by Gasteiger charge is 2.15. The number of benzene rings is 1.